The zero-order valence-corrected chi connectivity index (χ0v) is 11.9. The molecule has 19 heavy (non-hydrogen) atoms. The molecule has 0 radical (unpaired) electrons. The minimum Gasteiger partial charge on any atom is -0.369 e. The summed E-state index contributed by atoms with van der Waals surface area (Å²) >= 11 is 0. The lowest BCUT2D eigenvalue weighted by Gasteiger charge is -2.19. The zero-order valence-electron chi connectivity index (χ0n) is 11.9. The molecule has 0 bridgehead atoms. The lowest BCUT2D eigenvalue weighted by Crippen LogP contribution is -2.12. The molecule has 2 aromatic rings. The van der Waals surface area contributed by atoms with Gasteiger partial charge in [-0.25, -0.2) is 4.98 Å². The number of rotatable bonds is 1. The van der Waals surface area contributed by atoms with E-state index in [1.807, 2.05) is 0 Å². The molecule has 3 nitrogen and oxygen atoms in total. The van der Waals surface area contributed by atoms with Crippen molar-refractivity contribution >= 4 is 17.0 Å². The van der Waals surface area contributed by atoms with E-state index in [2.05, 4.69) is 41.6 Å². The smallest absolute Gasteiger partial charge is 0.201 e. The van der Waals surface area contributed by atoms with Crippen LogP contribution in [-0.4, -0.2) is 9.55 Å². The van der Waals surface area contributed by atoms with Crippen molar-refractivity contribution in [2.24, 2.45) is 5.92 Å². The van der Waals surface area contributed by atoms with Crippen LogP contribution in [0.2, 0.25) is 0 Å². The first kappa shape index (κ1) is 12.5. The maximum Gasteiger partial charge on any atom is 0.201 e. The van der Waals surface area contributed by atoms with Crippen molar-refractivity contribution < 1.29 is 0 Å². The van der Waals surface area contributed by atoms with Gasteiger partial charge < -0.3 is 10.3 Å². The number of anilines is 1. The number of hydrogen-bond donors (Lipinski definition) is 1. The number of nitrogens with zero attached hydrogens (tertiary/aromatic N) is 2. The molecule has 0 amide bonds. The number of nitrogen functional groups attached to an aromatic ring is 1. The Balaban J connectivity index is 2.06. The summed E-state index contributed by atoms with van der Waals surface area (Å²) in [5.74, 6) is 1.53. The normalized spacial score (nSPS) is 24.5. The second-order valence-electron chi connectivity index (χ2n) is 6.05. The topological polar surface area (TPSA) is 43.8 Å². The molecule has 2 unspecified atom stereocenters. The summed E-state index contributed by atoms with van der Waals surface area (Å²) in [6.07, 6.45) is 6.41. The van der Waals surface area contributed by atoms with Crippen LogP contribution in [0.5, 0.6) is 0 Å². The number of nitrogens with two attached hydrogens (primary N) is 1. The second kappa shape index (κ2) is 4.87. The Kier molecular flexibility index (Phi) is 3.21. The number of fused-ring (bicyclic) bond motifs is 1. The van der Waals surface area contributed by atoms with Gasteiger partial charge in [-0.3, -0.25) is 0 Å². The number of benzene rings is 1. The van der Waals surface area contributed by atoms with Crippen molar-refractivity contribution in [1.29, 1.82) is 0 Å². The highest BCUT2D eigenvalue weighted by atomic mass is 15.2. The van der Waals surface area contributed by atoms with Crippen molar-refractivity contribution in [3.05, 3.63) is 23.8 Å². The van der Waals surface area contributed by atoms with Gasteiger partial charge in [-0.05, 0) is 43.7 Å². The first-order chi connectivity index (χ1) is 9.16. The quantitative estimate of drug-likeness (QED) is 0.783. The third-order valence-corrected chi connectivity index (χ3v) is 4.53. The molecule has 1 aliphatic carbocycles. The molecule has 102 valence electrons. The molecule has 1 saturated carbocycles. The predicted molar refractivity (Wildman–Crippen MR) is 80.2 cm³/mol. The summed E-state index contributed by atoms with van der Waals surface area (Å²) in [7, 11) is 0. The van der Waals surface area contributed by atoms with Gasteiger partial charge in [-0.15, -0.1) is 0 Å². The Labute approximate surface area is 114 Å². The van der Waals surface area contributed by atoms with Crippen LogP contribution in [-0.2, 0) is 0 Å². The highest BCUT2D eigenvalue weighted by Gasteiger charge is 2.22. The van der Waals surface area contributed by atoms with E-state index in [9.17, 15) is 0 Å². The maximum atomic E-state index is 6.19. The van der Waals surface area contributed by atoms with E-state index in [-0.39, 0.29) is 0 Å². The Morgan fingerprint density at radius 2 is 2.05 bits per heavy atom. The number of aromatic nitrogens is 2. The van der Waals surface area contributed by atoms with E-state index in [0.717, 1.165) is 11.4 Å². The van der Waals surface area contributed by atoms with E-state index in [4.69, 9.17) is 5.73 Å². The fourth-order valence-corrected chi connectivity index (χ4v) is 3.43. The molecule has 2 atom stereocenters. The fourth-order valence-electron chi connectivity index (χ4n) is 3.43. The van der Waals surface area contributed by atoms with Gasteiger partial charge in [0.25, 0.3) is 0 Å². The van der Waals surface area contributed by atoms with Crippen LogP contribution >= 0.6 is 0 Å². The summed E-state index contributed by atoms with van der Waals surface area (Å²) in [5, 5.41) is 0. The SMILES string of the molecule is Cc1cccc2nc(N)n(C3CCCC(C)CC3)c12. The molecule has 3 rings (SSSR count). The summed E-state index contributed by atoms with van der Waals surface area (Å²) in [6, 6.07) is 6.80. The van der Waals surface area contributed by atoms with Gasteiger partial charge >= 0.3 is 0 Å². The number of imidazole rings is 1. The second-order valence-corrected chi connectivity index (χ2v) is 6.05. The average Bonchev–Trinajstić information content (AvgIpc) is 2.56. The first-order valence-electron chi connectivity index (χ1n) is 7.40. The van der Waals surface area contributed by atoms with Crippen LogP contribution in [0.25, 0.3) is 11.0 Å². The zero-order chi connectivity index (χ0) is 13.4. The van der Waals surface area contributed by atoms with E-state index in [1.54, 1.807) is 0 Å². The van der Waals surface area contributed by atoms with Crippen molar-refractivity contribution in [3.63, 3.8) is 0 Å². The Morgan fingerprint density at radius 1 is 1.21 bits per heavy atom. The molecule has 0 aliphatic heterocycles. The van der Waals surface area contributed by atoms with Crippen LogP contribution < -0.4 is 5.73 Å². The Bertz CT molecular complexity index is 585. The van der Waals surface area contributed by atoms with Crippen molar-refractivity contribution in [2.45, 2.75) is 52.0 Å². The highest BCUT2D eigenvalue weighted by molar-refractivity contribution is 5.81. The predicted octanol–water partition coefficient (Wildman–Crippen LogP) is 4.07. The van der Waals surface area contributed by atoms with Crippen LogP contribution in [0.1, 0.15) is 50.6 Å². The summed E-state index contributed by atoms with van der Waals surface area (Å²) < 4.78 is 2.29. The van der Waals surface area contributed by atoms with E-state index >= 15 is 0 Å². The molecule has 1 heterocycles. The minimum absolute atomic E-state index is 0.524. The standard InChI is InChI=1S/C16H23N3/c1-11-5-3-7-13(10-9-11)19-15-12(2)6-4-8-14(15)18-16(19)17/h4,6,8,11,13H,3,5,7,9-10H2,1-2H3,(H2,17,18). The fraction of sp³-hybridized carbons (Fsp3) is 0.562. The van der Waals surface area contributed by atoms with E-state index in [1.165, 1.54) is 43.2 Å². The van der Waals surface area contributed by atoms with Crippen LogP contribution in [0.15, 0.2) is 18.2 Å². The monoisotopic (exact) mass is 257 g/mol. The van der Waals surface area contributed by atoms with Crippen molar-refractivity contribution in [3.8, 4) is 0 Å². The van der Waals surface area contributed by atoms with Gasteiger partial charge in [-0.1, -0.05) is 31.9 Å². The summed E-state index contributed by atoms with van der Waals surface area (Å²) in [4.78, 5) is 4.54. The van der Waals surface area contributed by atoms with Gasteiger partial charge in [0.05, 0.1) is 11.0 Å². The molecule has 0 saturated heterocycles. The molecule has 1 fully saturated rings. The Hall–Kier alpha value is -1.51. The average molecular weight is 257 g/mol. The van der Waals surface area contributed by atoms with Crippen LogP contribution in [0.4, 0.5) is 5.95 Å². The molecule has 0 spiro atoms. The van der Waals surface area contributed by atoms with Crippen molar-refractivity contribution in [1.82, 2.24) is 9.55 Å². The van der Waals surface area contributed by atoms with E-state index in [0.29, 0.717) is 12.0 Å². The highest BCUT2D eigenvalue weighted by Crippen LogP contribution is 2.35. The first-order valence-corrected chi connectivity index (χ1v) is 7.40. The number of aryl methyl sites for hydroxylation is 1. The molecule has 1 aromatic heterocycles. The van der Waals surface area contributed by atoms with Crippen LogP contribution in [0.3, 0.4) is 0 Å². The molecule has 1 aromatic carbocycles. The number of para-hydroxylation sites is 1. The molecule has 3 heteroatoms. The molecular weight excluding hydrogens is 234 g/mol. The lowest BCUT2D eigenvalue weighted by atomic mass is 10.0. The molecule has 1 aliphatic rings. The lowest BCUT2D eigenvalue weighted by molar-refractivity contribution is 0.445. The van der Waals surface area contributed by atoms with Crippen LogP contribution in [0, 0.1) is 12.8 Å². The Morgan fingerprint density at radius 3 is 2.89 bits per heavy atom. The number of hydrogen-bond acceptors (Lipinski definition) is 2. The minimum atomic E-state index is 0.524. The van der Waals surface area contributed by atoms with Gasteiger partial charge in [0, 0.05) is 6.04 Å². The van der Waals surface area contributed by atoms with Gasteiger partial charge in [0.1, 0.15) is 0 Å². The third-order valence-electron chi connectivity index (χ3n) is 4.53. The molecular formula is C16H23N3. The summed E-state index contributed by atoms with van der Waals surface area (Å²) in [5.41, 5.74) is 9.74. The maximum absolute atomic E-state index is 6.19. The van der Waals surface area contributed by atoms with Gasteiger partial charge in [0.2, 0.25) is 5.95 Å². The summed E-state index contributed by atoms with van der Waals surface area (Å²) in [6.45, 7) is 4.52. The largest absolute Gasteiger partial charge is 0.369 e. The third kappa shape index (κ3) is 2.22. The van der Waals surface area contributed by atoms with Gasteiger partial charge in [0.15, 0.2) is 0 Å². The van der Waals surface area contributed by atoms with Gasteiger partial charge in [-0.2, -0.15) is 0 Å². The van der Waals surface area contributed by atoms with E-state index < -0.39 is 0 Å². The van der Waals surface area contributed by atoms with Crippen molar-refractivity contribution in [2.75, 3.05) is 5.73 Å². The molecule has 2 N–H and O–H groups in total.